The molecule has 1 aliphatic rings. The Morgan fingerprint density at radius 3 is 2.56 bits per heavy atom. The van der Waals surface area contributed by atoms with Gasteiger partial charge in [0.25, 0.3) is 0 Å². The number of carbonyl (C=O) groups excluding carboxylic acids is 2. The van der Waals surface area contributed by atoms with Crippen molar-refractivity contribution in [1.29, 1.82) is 0 Å². The van der Waals surface area contributed by atoms with Crippen molar-refractivity contribution in [2.24, 2.45) is 5.92 Å². The van der Waals surface area contributed by atoms with Crippen molar-refractivity contribution in [3.8, 4) is 0 Å². The van der Waals surface area contributed by atoms with E-state index in [2.05, 4.69) is 0 Å². The standard InChI is InChI=1S/C13H23NO4/c1-10(15)17-8-6-11-5-7-14(9-11)12(16)18-13(2,3)4/h11H,5-9H2,1-4H3/t11-/m0/s1. The number of ether oxygens (including phenoxy) is 2. The molecule has 0 aromatic heterocycles. The molecule has 1 amide bonds. The number of rotatable bonds is 3. The van der Waals surface area contributed by atoms with E-state index in [4.69, 9.17) is 9.47 Å². The van der Waals surface area contributed by atoms with Gasteiger partial charge in [0.1, 0.15) is 5.60 Å². The summed E-state index contributed by atoms with van der Waals surface area (Å²) in [6.45, 7) is 8.83. The second kappa shape index (κ2) is 6.07. The Balaban J connectivity index is 2.28. The van der Waals surface area contributed by atoms with Gasteiger partial charge in [-0.15, -0.1) is 0 Å². The molecule has 1 fully saturated rings. The van der Waals surface area contributed by atoms with Gasteiger partial charge in [-0.2, -0.15) is 0 Å². The zero-order chi connectivity index (χ0) is 13.8. The highest BCUT2D eigenvalue weighted by Crippen LogP contribution is 2.21. The van der Waals surface area contributed by atoms with E-state index in [-0.39, 0.29) is 12.1 Å². The molecule has 18 heavy (non-hydrogen) atoms. The maximum absolute atomic E-state index is 11.8. The van der Waals surface area contributed by atoms with Crippen molar-refractivity contribution in [3.63, 3.8) is 0 Å². The fourth-order valence-electron chi connectivity index (χ4n) is 1.93. The third-order valence-electron chi connectivity index (χ3n) is 2.77. The molecule has 0 radical (unpaired) electrons. The summed E-state index contributed by atoms with van der Waals surface area (Å²) in [6, 6.07) is 0. The lowest BCUT2D eigenvalue weighted by atomic mass is 10.1. The van der Waals surface area contributed by atoms with Gasteiger partial charge in [0.05, 0.1) is 6.61 Å². The SMILES string of the molecule is CC(=O)OCC[C@@H]1CCN(C(=O)OC(C)(C)C)C1. The molecule has 0 aromatic rings. The number of hydrogen-bond acceptors (Lipinski definition) is 4. The largest absolute Gasteiger partial charge is 0.466 e. The van der Waals surface area contributed by atoms with Crippen LogP contribution in [0.3, 0.4) is 0 Å². The molecule has 104 valence electrons. The first-order chi connectivity index (χ1) is 8.28. The van der Waals surface area contributed by atoms with Crippen LogP contribution < -0.4 is 0 Å². The van der Waals surface area contributed by atoms with Crippen molar-refractivity contribution < 1.29 is 19.1 Å². The minimum Gasteiger partial charge on any atom is -0.466 e. The molecule has 1 heterocycles. The number of nitrogens with zero attached hydrogens (tertiary/aromatic N) is 1. The molecule has 1 rings (SSSR count). The molecular weight excluding hydrogens is 234 g/mol. The van der Waals surface area contributed by atoms with Gasteiger partial charge in [-0.05, 0) is 39.5 Å². The summed E-state index contributed by atoms with van der Waals surface area (Å²) in [5.74, 6) is 0.147. The van der Waals surface area contributed by atoms with Gasteiger partial charge in [0.2, 0.25) is 0 Å². The maximum atomic E-state index is 11.8. The minimum atomic E-state index is -0.451. The molecule has 5 nitrogen and oxygen atoms in total. The Morgan fingerprint density at radius 2 is 2.00 bits per heavy atom. The van der Waals surface area contributed by atoms with Crippen molar-refractivity contribution in [3.05, 3.63) is 0 Å². The molecule has 0 aromatic carbocycles. The van der Waals surface area contributed by atoms with Crippen LogP contribution in [0.2, 0.25) is 0 Å². The van der Waals surface area contributed by atoms with Gasteiger partial charge in [-0.1, -0.05) is 0 Å². The Morgan fingerprint density at radius 1 is 1.33 bits per heavy atom. The molecule has 0 bridgehead atoms. The van der Waals surface area contributed by atoms with Gasteiger partial charge in [0, 0.05) is 20.0 Å². The van der Waals surface area contributed by atoms with Crippen molar-refractivity contribution in [1.82, 2.24) is 4.90 Å². The average Bonchev–Trinajstić information content (AvgIpc) is 2.63. The number of amides is 1. The molecular formula is C13H23NO4. The Hall–Kier alpha value is -1.26. The summed E-state index contributed by atoms with van der Waals surface area (Å²) in [5, 5.41) is 0. The van der Waals surface area contributed by atoms with E-state index in [1.807, 2.05) is 20.8 Å². The quantitative estimate of drug-likeness (QED) is 0.727. The second-order valence-corrected chi connectivity index (χ2v) is 5.71. The lowest BCUT2D eigenvalue weighted by molar-refractivity contribution is -0.141. The van der Waals surface area contributed by atoms with Crippen LogP contribution in [0.25, 0.3) is 0 Å². The van der Waals surface area contributed by atoms with Gasteiger partial charge in [-0.3, -0.25) is 4.79 Å². The van der Waals surface area contributed by atoms with Crippen molar-refractivity contribution in [2.45, 2.75) is 46.1 Å². The summed E-state index contributed by atoms with van der Waals surface area (Å²) in [6.07, 6.45) is 1.50. The van der Waals surface area contributed by atoms with Crippen molar-refractivity contribution >= 4 is 12.1 Å². The van der Waals surface area contributed by atoms with E-state index in [1.54, 1.807) is 4.90 Å². The summed E-state index contributed by atoms with van der Waals surface area (Å²) >= 11 is 0. The third-order valence-corrected chi connectivity index (χ3v) is 2.77. The minimum absolute atomic E-state index is 0.252. The highest BCUT2D eigenvalue weighted by atomic mass is 16.6. The fourth-order valence-corrected chi connectivity index (χ4v) is 1.93. The van der Waals surface area contributed by atoms with E-state index in [1.165, 1.54) is 6.92 Å². The van der Waals surface area contributed by atoms with Crippen LogP contribution in [0.4, 0.5) is 4.79 Å². The zero-order valence-electron chi connectivity index (χ0n) is 11.7. The molecule has 0 spiro atoms. The predicted octanol–water partition coefficient (Wildman–Crippen LogP) is 2.20. The zero-order valence-corrected chi connectivity index (χ0v) is 11.7. The summed E-state index contributed by atoms with van der Waals surface area (Å²) < 4.78 is 10.2. The predicted molar refractivity (Wildman–Crippen MR) is 67.2 cm³/mol. The van der Waals surface area contributed by atoms with Gasteiger partial charge >= 0.3 is 12.1 Å². The molecule has 1 saturated heterocycles. The molecule has 0 N–H and O–H groups in total. The lowest BCUT2D eigenvalue weighted by Gasteiger charge is -2.24. The monoisotopic (exact) mass is 257 g/mol. The van der Waals surface area contributed by atoms with Crippen LogP contribution in [-0.4, -0.2) is 42.3 Å². The van der Waals surface area contributed by atoms with Crippen molar-refractivity contribution in [2.75, 3.05) is 19.7 Å². The summed E-state index contributed by atoms with van der Waals surface area (Å²) in [4.78, 5) is 24.2. The Kier molecular flexibility index (Phi) is 4.99. The van der Waals surface area contributed by atoms with Crippen LogP contribution >= 0.6 is 0 Å². The maximum Gasteiger partial charge on any atom is 0.410 e. The number of esters is 1. The van der Waals surface area contributed by atoms with Gasteiger partial charge < -0.3 is 14.4 Å². The van der Waals surface area contributed by atoms with Gasteiger partial charge in [-0.25, -0.2) is 4.79 Å². The first-order valence-electron chi connectivity index (χ1n) is 6.39. The van der Waals surface area contributed by atoms with E-state index in [9.17, 15) is 9.59 Å². The topological polar surface area (TPSA) is 55.8 Å². The number of hydrogen-bond donors (Lipinski definition) is 0. The molecule has 5 heteroatoms. The Bertz CT molecular complexity index is 309. The van der Waals surface area contributed by atoms with E-state index >= 15 is 0 Å². The van der Waals surface area contributed by atoms with E-state index in [0.29, 0.717) is 19.1 Å². The first kappa shape index (κ1) is 14.8. The van der Waals surface area contributed by atoms with Crippen LogP contribution in [0.1, 0.15) is 40.5 Å². The first-order valence-corrected chi connectivity index (χ1v) is 6.39. The van der Waals surface area contributed by atoms with Crippen LogP contribution in [-0.2, 0) is 14.3 Å². The van der Waals surface area contributed by atoms with Crippen LogP contribution in [0.5, 0.6) is 0 Å². The highest BCUT2D eigenvalue weighted by Gasteiger charge is 2.29. The van der Waals surface area contributed by atoms with Gasteiger partial charge in [0.15, 0.2) is 0 Å². The lowest BCUT2D eigenvalue weighted by Crippen LogP contribution is -2.35. The molecule has 1 atom stereocenters. The Labute approximate surface area is 108 Å². The fraction of sp³-hybridized carbons (Fsp3) is 0.846. The number of likely N-dealkylation sites (tertiary alicyclic amines) is 1. The summed E-state index contributed by atoms with van der Waals surface area (Å²) in [5.41, 5.74) is -0.451. The molecule has 0 saturated carbocycles. The number of carbonyl (C=O) groups is 2. The average molecular weight is 257 g/mol. The normalized spacial score (nSPS) is 19.8. The van der Waals surface area contributed by atoms with Crippen LogP contribution in [0, 0.1) is 5.92 Å². The molecule has 0 aliphatic carbocycles. The van der Waals surface area contributed by atoms with Crippen LogP contribution in [0.15, 0.2) is 0 Å². The third kappa shape index (κ3) is 5.38. The summed E-state index contributed by atoms with van der Waals surface area (Å²) in [7, 11) is 0. The van der Waals surface area contributed by atoms with E-state index in [0.717, 1.165) is 19.4 Å². The second-order valence-electron chi connectivity index (χ2n) is 5.71. The molecule has 1 aliphatic heterocycles. The highest BCUT2D eigenvalue weighted by molar-refractivity contribution is 5.68. The van der Waals surface area contributed by atoms with E-state index < -0.39 is 5.60 Å². The molecule has 0 unspecified atom stereocenters. The smallest absolute Gasteiger partial charge is 0.410 e.